The van der Waals surface area contributed by atoms with Gasteiger partial charge in [-0.05, 0) is 12.1 Å². The maximum atomic E-state index is 13.3. The molecule has 3 nitrogen and oxygen atoms in total. The minimum Gasteiger partial charge on any atom is -0.497 e. The highest BCUT2D eigenvalue weighted by Gasteiger charge is 2.13. The van der Waals surface area contributed by atoms with Crippen LogP contribution in [0.3, 0.4) is 0 Å². The van der Waals surface area contributed by atoms with E-state index in [-0.39, 0.29) is 11.5 Å². The molecule has 4 heteroatoms. The molecule has 0 unspecified atom stereocenters. The van der Waals surface area contributed by atoms with Crippen LogP contribution in [-0.4, -0.2) is 32.0 Å². The highest BCUT2D eigenvalue weighted by atomic mass is 19.1. The van der Waals surface area contributed by atoms with Gasteiger partial charge in [-0.25, -0.2) is 4.39 Å². The fourth-order valence-electron chi connectivity index (χ4n) is 1.04. The van der Waals surface area contributed by atoms with Gasteiger partial charge in [-0.2, -0.15) is 0 Å². The van der Waals surface area contributed by atoms with E-state index >= 15 is 0 Å². The molecule has 0 aliphatic heterocycles. The first kappa shape index (κ1) is 10.5. The first-order chi connectivity index (χ1) is 6.56. The third-order valence-electron chi connectivity index (χ3n) is 1.81. The second-order valence-electron chi connectivity index (χ2n) is 3.05. The Hall–Kier alpha value is -1.58. The summed E-state index contributed by atoms with van der Waals surface area (Å²) in [5, 5.41) is 0. The average Bonchev–Trinajstić information content (AvgIpc) is 2.16. The van der Waals surface area contributed by atoms with Crippen LogP contribution in [0.4, 0.5) is 4.39 Å². The fourth-order valence-corrected chi connectivity index (χ4v) is 1.04. The molecule has 0 fully saturated rings. The molecule has 14 heavy (non-hydrogen) atoms. The van der Waals surface area contributed by atoms with Gasteiger partial charge in [0.2, 0.25) is 0 Å². The van der Waals surface area contributed by atoms with E-state index in [0.29, 0.717) is 5.75 Å². The third kappa shape index (κ3) is 2.02. The number of ether oxygens (including phenoxy) is 1. The summed E-state index contributed by atoms with van der Waals surface area (Å²) in [4.78, 5) is 12.7. The topological polar surface area (TPSA) is 29.5 Å². The van der Waals surface area contributed by atoms with Crippen LogP contribution in [0.25, 0.3) is 0 Å². The number of carbonyl (C=O) groups excluding carboxylic acids is 1. The molecular weight excluding hydrogens is 185 g/mol. The summed E-state index contributed by atoms with van der Waals surface area (Å²) in [5.41, 5.74) is 0.0517. The summed E-state index contributed by atoms with van der Waals surface area (Å²) in [6.07, 6.45) is 0. The molecule has 0 radical (unpaired) electrons. The average molecular weight is 197 g/mol. The van der Waals surface area contributed by atoms with Gasteiger partial charge < -0.3 is 9.64 Å². The van der Waals surface area contributed by atoms with Crippen molar-refractivity contribution in [1.29, 1.82) is 0 Å². The van der Waals surface area contributed by atoms with Crippen LogP contribution in [-0.2, 0) is 0 Å². The summed E-state index contributed by atoms with van der Waals surface area (Å²) >= 11 is 0. The Kier molecular flexibility index (Phi) is 3.06. The largest absolute Gasteiger partial charge is 0.497 e. The normalized spacial score (nSPS) is 9.71. The number of nitrogens with zero attached hydrogens (tertiary/aromatic N) is 1. The van der Waals surface area contributed by atoms with Gasteiger partial charge in [0.15, 0.2) is 0 Å². The zero-order valence-corrected chi connectivity index (χ0v) is 8.37. The molecule has 0 atom stereocenters. The lowest BCUT2D eigenvalue weighted by molar-refractivity contribution is 0.0823. The van der Waals surface area contributed by atoms with Crippen LogP contribution in [0.2, 0.25) is 0 Å². The summed E-state index contributed by atoms with van der Waals surface area (Å²) in [5.74, 6) is -0.522. The number of rotatable bonds is 2. The van der Waals surface area contributed by atoms with Crippen LogP contribution in [0.1, 0.15) is 10.4 Å². The molecule has 76 valence electrons. The summed E-state index contributed by atoms with van der Waals surface area (Å²) in [6, 6.07) is 4.16. The molecule has 0 saturated carbocycles. The van der Waals surface area contributed by atoms with E-state index in [0.717, 1.165) is 0 Å². The Morgan fingerprint density at radius 3 is 2.50 bits per heavy atom. The fraction of sp³-hybridized carbons (Fsp3) is 0.300. The number of benzene rings is 1. The van der Waals surface area contributed by atoms with Crippen LogP contribution in [0, 0.1) is 5.82 Å². The maximum Gasteiger partial charge on any atom is 0.256 e. The van der Waals surface area contributed by atoms with Crippen LogP contribution < -0.4 is 4.74 Å². The molecule has 0 heterocycles. The number of halogens is 1. The van der Waals surface area contributed by atoms with Crippen molar-refractivity contribution < 1.29 is 13.9 Å². The standard InChI is InChI=1S/C10H12FNO2/c1-12(2)10(13)8-5-4-7(14-3)6-9(8)11/h4-6H,1-3H3. The van der Waals surface area contributed by atoms with E-state index in [1.54, 1.807) is 20.2 Å². The molecule has 0 aliphatic rings. The van der Waals surface area contributed by atoms with Crippen molar-refractivity contribution in [3.8, 4) is 5.75 Å². The first-order valence-corrected chi connectivity index (χ1v) is 4.11. The molecule has 0 aliphatic carbocycles. The molecule has 0 aromatic heterocycles. The SMILES string of the molecule is COc1ccc(C(=O)N(C)C)c(F)c1. The van der Waals surface area contributed by atoms with E-state index in [1.807, 2.05) is 0 Å². The van der Waals surface area contributed by atoms with E-state index in [9.17, 15) is 9.18 Å². The van der Waals surface area contributed by atoms with Gasteiger partial charge in [-0.15, -0.1) is 0 Å². The lowest BCUT2D eigenvalue weighted by Crippen LogP contribution is -2.22. The molecule has 1 amide bonds. The van der Waals surface area contributed by atoms with Gasteiger partial charge >= 0.3 is 0 Å². The van der Waals surface area contributed by atoms with Crippen LogP contribution in [0.5, 0.6) is 5.75 Å². The second-order valence-corrected chi connectivity index (χ2v) is 3.05. The van der Waals surface area contributed by atoms with Gasteiger partial charge in [0, 0.05) is 20.2 Å². The van der Waals surface area contributed by atoms with Crippen molar-refractivity contribution in [1.82, 2.24) is 4.90 Å². The number of carbonyl (C=O) groups is 1. The predicted molar refractivity (Wildman–Crippen MR) is 51.0 cm³/mol. The zero-order chi connectivity index (χ0) is 10.7. The van der Waals surface area contributed by atoms with Gasteiger partial charge in [-0.1, -0.05) is 0 Å². The summed E-state index contributed by atoms with van der Waals surface area (Å²) in [6.45, 7) is 0. The van der Waals surface area contributed by atoms with Crippen molar-refractivity contribution in [2.45, 2.75) is 0 Å². The minimum atomic E-state index is -0.567. The van der Waals surface area contributed by atoms with E-state index in [4.69, 9.17) is 4.74 Å². The highest BCUT2D eigenvalue weighted by Crippen LogP contribution is 2.16. The van der Waals surface area contributed by atoms with Gasteiger partial charge in [0.05, 0.1) is 12.7 Å². The molecule has 0 saturated heterocycles. The number of methoxy groups -OCH3 is 1. The monoisotopic (exact) mass is 197 g/mol. The molecule has 1 aromatic rings. The number of hydrogen-bond donors (Lipinski definition) is 0. The Bertz CT molecular complexity index is 350. The van der Waals surface area contributed by atoms with Gasteiger partial charge in [0.1, 0.15) is 11.6 Å². The van der Waals surface area contributed by atoms with Crippen molar-refractivity contribution in [2.24, 2.45) is 0 Å². The molecule has 1 rings (SSSR count). The second kappa shape index (κ2) is 4.09. The number of amides is 1. The quantitative estimate of drug-likeness (QED) is 0.719. The smallest absolute Gasteiger partial charge is 0.256 e. The minimum absolute atomic E-state index is 0.0517. The Balaban J connectivity index is 3.06. The first-order valence-electron chi connectivity index (χ1n) is 4.11. The number of hydrogen-bond acceptors (Lipinski definition) is 2. The Morgan fingerprint density at radius 2 is 2.07 bits per heavy atom. The lowest BCUT2D eigenvalue weighted by Gasteiger charge is -2.11. The van der Waals surface area contributed by atoms with Gasteiger partial charge in [-0.3, -0.25) is 4.79 Å². The maximum absolute atomic E-state index is 13.3. The zero-order valence-electron chi connectivity index (χ0n) is 8.37. The van der Waals surface area contributed by atoms with Crippen molar-refractivity contribution in [2.75, 3.05) is 21.2 Å². The van der Waals surface area contributed by atoms with Crippen LogP contribution in [0.15, 0.2) is 18.2 Å². The van der Waals surface area contributed by atoms with E-state index in [2.05, 4.69) is 0 Å². The molecule has 1 aromatic carbocycles. The molecule has 0 N–H and O–H groups in total. The molecular formula is C10H12FNO2. The molecule has 0 bridgehead atoms. The highest BCUT2D eigenvalue weighted by molar-refractivity contribution is 5.94. The van der Waals surface area contributed by atoms with Gasteiger partial charge in [0.25, 0.3) is 5.91 Å². The van der Waals surface area contributed by atoms with E-state index < -0.39 is 5.82 Å². The Labute approximate surface area is 82.1 Å². The van der Waals surface area contributed by atoms with E-state index in [1.165, 1.54) is 24.1 Å². The summed E-state index contributed by atoms with van der Waals surface area (Å²) < 4.78 is 18.1. The Morgan fingerprint density at radius 1 is 1.43 bits per heavy atom. The van der Waals surface area contributed by atoms with Crippen molar-refractivity contribution in [3.63, 3.8) is 0 Å². The third-order valence-corrected chi connectivity index (χ3v) is 1.81. The van der Waals surface area contributed by atoms with Crippen molar-refractivity contribution in [3.05, 3.63) is 29.6 Å². The summed E-state index contributed by atoms with van der Waals surface area (Å²) in [7, 11) is 4.60. The molecule has 0 spiro atoms. The van der Waals surface area contributed by atoms with Crippen molar-refractivity contribution >= 4 is 5.91 Å². The van der Waals surface area contributed by atoms with Crippen LogP contribution >= 0.6 is 0 Å². The predicted octanol–water partition coefficient (Wildman–Crippen LogP) is 1.54. The lowest BCUT2D eigenvalue weighted by atomic mass is 10.2.